The summed E-state index contributed by atoms with van der Waals surface area (Å²) < 4.78 is 19.5. The topological polar surface area (TPSA) is 73.8 Å². The van der Waals surface area contributed by atoms with Crippen molar-refractivity contribution in [1.82, 2.24) is 15.5 Å². The molecular formula is C29H48FN3O3. The Morgan fingerprint density at radius 2 is 2.00 bits per heavy atom. The summed E-state index contributed by atoms with van der Waals surface area (Å²) in [5.74, 6) is 0.190. The fourth-order valence-electron chi connectivity index (χ4n) is 6.34. The number of ether oxygens (including phenoxy) is 1. The summed E-state index contributed by atoms with van der Waals surface area (Å²) >= 11 is 0. The lowest BCUT2D eigenvalue weighted by molar-refractivity contribution is -0.0570. The average molecular weight is 506 g/mol. The zero-order valence-corrected chi connectivity index (χ0v) is 22.7. The Morgan fingerprint density at radius 3 is 2.72 bits per heavy atom. The lowest BCUT2D eigenvalue weighted by atomic mass is 9.73. The quantitative estimate of drug-likeness (QED) is 0.345. The van der Waals surface area contributed by atoms with Gasteiger partial charge in [0.15, 0.2) is 0 Å². The summed E-state index contributed by atoms with van der Waals surface area (Å²) in [5, 5.41) is 18.7. The minimum atomic E-state index is -1.19. The van der Waals surface area contributed by atoms with Crippen LogP contribution in [-0.4, -0.2) is 62.5 Å². The number of likely N-dealkylation sites (N-methyl/N-ethyl adjacent to an activating group) is 1. The van der Waals surface area contributed by atoms with E-state index in [0.29, 0.717) is 37.6 Å². The van der Waals surface area contributed by atoms with Crippen molar-refractivity contribution >= 4 is 6.03 Å². The second kappa shape index (κ2) is 14.3. The van der Waals surface area contributed by atoms with Crippen molar-refractivity contribution < 1.29 is 19.0 Å². The van der Waals surface area contributed by atoms with Crippen LogP contribution < -0.4 is 10.6 Å². The molecule has 1 aliphatic carbocycles. The van der Waals surface area contributed by atoms with Gasteiger partial charge in [-0.05, 0) is 81.7 Å². The van der Waals surface area contributed by atoms with E-state index in [2.05, 4.69) is 10.6 Å². The number of nitrogens with one attached hydrogen (secondary N) is 2. The Morgan fingerprint density at radius 1 is 1.22 bits per heavy atom. The second-order valence-electron chi connectivity index (χ2n) is 11.1. The number of carbonyl (C=O) groups is 1. The zero-order valence-electron chi connectivity index (χ0n) is 22.7. The van der Waals surface area contributed by atoms with Crippen LogP contribution in [0.1, 0.15) is 81.8 Å². The third kappa shape index (κ3) is 7.90. The monoisotopic (exact) mass is 505 g/mol. The van der Waals surface area contributed by atoms with Crippen LogP contribution in [0.3, 0.4) is 0 Å². The maximum Gasteiger partial charge on any atom is 0.317 e. The molecule has 1 aromatic rings. The maximum atomic E-state index is 14.3. The number of nitrogens with zero attached hydrogens (tertiary/aromatic N) is 1. The van der Waals surface area contributed by atoms with Gasteiger partial charge in [-0.15, -0.1) is 0 Å². The van der Waals surface area contributed by atoms with E-state index in [4.69, 9.17) is 4.74 Å². The van der Waals surface area contributed by atoms with Crippen LogP contribution in [0.5, 0.6) is 0 Å². The molecule has 2 aliphatic rings. The molecule has 7 heteroatoms. The van der Waals surface area contributed by atoms with Crippen LogP contribution in [0.15, 0.2) is 18.2 Å². The smallest absolute Gasteiger partial charge is 0.317 e. The van der Waals surface area contributed by atoms with Crippen LogP contribution in [0.25, 0.3) is 0 Å². The zero-order chi connectivity index (χ0) is 26.0. The van der Waals surface area contributed by atoms with Crippen molar-refractivity contribution in [3.63, 3.8) is 0 Å². The van der Waals surface area contributed by atoms with Crippen molar-refractivity contribution in [3.8, 4) is 0 Å². The molecule has 1 aromatic carbocycles. The van der Waals surface area contributed by atoms with Crippen molar-refractivity contribution in [2.45, 2.75) is 89.2 Å². The molecule has 36 heavy (non-hydrogen) atoms. The Balaban J connectivity index is 1.72. The Kier molecular flexibility index (Phi) is 11.5. The molecule has 204 valence electrons. The van der Waals surface area contributed by atoms with E-state index in [1.807, 2.05) is 18.9 Å². The van der Waals surface area contributed by atoms with Crippen molar-refractivity contribution in [2.24, 2.45) is 11.8 Å². The number of unbranched alkanes of at least 4 members (excludes halogenated alkanes) is 1. The van der Waals surface area contributed by atoms with Gasteiger partial charge in [-0.25, -0.2) is 9.18 Å². The lowest BCUT2D eigenvalue weighted by Gasteiger charge is -2.43. The second-order valence-corrected chi connectivity index (χ2v) is 11.1. The normalized spacial score (nSPS) is 21.7. The number of carbonyl (C=O) groups excluding carboxylic acids is 1. The molecule has 1 aliphatic heterocycles. The van der Waals surface area contributed by atoms with Gasteiger partial charge in [0.1, 0.15) is 5.82 Å². The first kappa shape index (κ1) is 28.9. The average Bonchev–Trinajstić information content (AvgIpc) is 2.88. The van der Waals surface area contributed by atoms with E-state index in [0.717, 1.165) is 44.2 Å². The SMILES string of the molecule is CNCC(CC1CCCCC1)NC(=O)N1CCCC(C(O)(CCCCOC)c2cc(F)ccc2C)C1. The summed E-state index contributed by atoms with van der Waals surface area (Å²) in [6.07, 6.45) is 11.2. The van der Waals surface area contributed by atoms with Gasteiger partial charge in [0, 0.05) is 45.3 Å². The van der Waals surface area contributed by atoms with Crippen LogP contribution >= 0.6 is 0 Å². The van der Waals surface area contributed by atoms with Crippen molar-refractivity contribution in [1.29, 1.82) is 0 Å². The molecule has 1 saturated heterocycles. The molecule has 1 heterocycles. The van der Waals surface area contributed by atoms with Crippen molar-refractivity contribution in [2.75, 3.05) is 40.4 Å². The number of hydrogen-bond donors (Lipinski definition) is 3. The number of hydrogen-bond acceptors (Lipinski definition) is 4. The predicted molar refractivity (Wildman–Crippen MR) is 142 cm³/mol. The number of halogens is 1. The number of piperidine rings is 1. The molecule has 0 aromatic heterocycles. The van der Waals surface area contributed by atoms with Gasteiger partial charge in [0.25, 0.3) is 0 Å². The number of likely N-dealkylation sites (tertiary alicyclic amines) is 1. The van der Waals surface area contributed by atoms with E-state index < -0.39 is 5.60 Å². The van der Waals surface area contributed by atoms with E-state index in [1.165, 1.54) is 44.2 Å². The van der Waals surface area contributed by atoms with E-state index >= 15 is 0 Å². The summed E-state index contributed by atoms with van der Waals surface area (Å²) in [7, 11) is 3.61. The molecule has 3 N–H and O–H groups in total. The third-order valence-corrected chi connectivity index (χ3v) is 8.33. The van der Waals surface area contributed by atoms with Gasteiger partial charge in [0.2, 0.25) is 0 Å². The lowest BCUT2D eigenvalue weighted by Crippen LogP contribution is -2.54. The number of benzene rings is 1. The number of aryl methyl sites for hydroxylation is 1. The van der Waals surface area contributed by atoms with E-state index in [-0.39, 0.29) is 23.8 Å². The Bertz CT molecular complexity index is 817. The first-order valence-electron chi connectivity index (χ1n) is 14.0. The number of aliphatic hydroxyl groups is 1. The first-order chi connectivity index (χ1) is 17.4. The molecule has 3 rings (SSSR count). The Labute approximate surface area is 217 Å². The van der Waals surface area contributed by atoms with E-state index in [9.17, 15) is 14.3 Å². The predicted octanol–water partition coefficient (Wildman–Crippen LogP) is 5.12. The highest BCUT2D eigenvalue weighted by atomic mass is 19.1. The van der Waals surface area contributed by atoms with Gasteiger partial charge < -0.3 is 25.4 Å². The maximum absolute atomic E-state index is 14.3. The van der Waals surface area contributed by atoms with Crippen molar-refractivity contribution in [3.05, 3.63) is 35.1 Å². The minimum Gasteiger partial charge on any atom is -0.385 e. The molecule has 0 bridgehead atoms. The number of amides is 2. The fourth-order valence-corrected chi connectivity index (χ4v) is 6.34. The Hall–Kier alpha value is -1.70. The molecule has 3 atom stereocenters. The molecule has 2 fully saturated rings. The molecule has 3 unspecified atom stereocenters. The van der Waals surface area contributed by atoms with Crippen LogP contribution in [0.2, 0.25) is 0 Å². The van der Waals surface area contributed by atoms with Gasteiger partial charge in [-0.1, -0.05) is 38.2 Å². The molecule has 0 spiro atoms. The summed E-state index contributed by atoms with van der Waals surface area (Å²) in [5.41, 5.74) is 0.344. The highest BCUT2D eigenvalue weighted by Gasteiger charge is 2.42. The van der Waals surface area contributed by atoms with Crippen LogP contribution in [-0.2, 0) is 10.3 Å². The minimum absolute atomic E-state index is 0.0477. The highest BCUT2D eigenvalue weighted by Crippen LogP contribution is 2.41. The van der Waals surface area contributed by atoms with Gasteiger partial charge in [-0.2, -0.15) is 0 Å². The highest BCUT2D eigenvalue weighted by molar-refractivity contribution is 5.74. The largest absolute Gasteiger partial charge is 0.385 e. The summed E-state index contributed by atoms with van der Waals surface area (Å²) in [4.78, 5) is 15.3. The molecule has 6 nitrogen and oxygen atoms in total. The fraction of sp³-hybridized carbons (Fsp3) is 0.759. The van der Waals surface area contributed by atoms with Crippen LogP contribution in [0, 0.1) is 24.6 Å². The van der Waals surface area contributed by atoms with E-state index in [1.54, 1.807) is 13.2 Å². The number of methoxy groups -OCH3 is 1. The molecule has 1 saturated carbocycles. The first-order valence-corrected chi connectivity index (χ1v) is 14.0. The molecular weight excluding hydrogens is 457 g/mol. The van der Waals surface area contributed by atoms with Gasteiger partial charge in [0.05, 0.1) is 5.60 Å². The standard InChI is InChI=1S/C29H48FN3O3/c1-22-13-14-25(30)19-27(22)29(35,15-7-8-17-36-3)24-12-9-16-33(21-24)28(34)32-26(20-31-2)18-23-10-5-4-6-11-23/h13-14,19,23-24,26,31,35H,4-12,15-18,20-21H2,1-3H3,(H,32,34). The summed E-state index contributed by atoms with van der Waals surface area (Å²) in [6, 6.07) is 4.72. The third-order valence-electron chi connectivity index (χ3n) is 8.33. The number of rotatable bonds is 12. The molecule has 2 amide bonds. The van der Waals surface area contributed by atoms with Crippen LogP contribution in [0.4, 0.5) is 9.18 Å². The van der Waals surface area contributed by atoms with Gasteiger partial charge in [-0.3, -0.25) is 0 Å². The number of urea groups is 1. The van der Waals surface area contributed by atoms with Gasteiger partial charge >= 0.3 is 6.03 Å². The molecule has 0 radical (unpaired) electrons. The summed E-state index contributed by atoms with van der Waals surface area (Å²) in [6.45, 7) is 4.46.